The fraction of sp³-hybridized carbons (Fsp3) is 0. The van der Waals surface area contributed by atoms with Crippen molar-refractivity contribution in [2.24, 2.45) is 0 Å². The summed E-state index contributed by atoms with van der Waals surface area (Å²) in [5, 5.41) is 19.8. The average molecular weight is 374 g/mol. The van der Waals surface area contributed by atoms with Gasteiger partial charge in [-0.05, 0) is 72.3 Å². The summed E-state index contributed by atoms with van der Waals surface area (Å²) in [7, 11) is 0. The monoisotopic (exact) mass is 373 g/mol. The Bertz CT molecular complexity index is 1030. The Morgan fingerprint density at radius 3 is 1.56 bits per heavy atom. The van der Waals surface area contributed by atoms with Crippen LogP contribution in [-0.2, 0) is 0 Å². The highest BCUT2D eigenvalue weighted by Gasteiger charge is 2.11. The zero-order valence-corrected chi connectivity index (χ0v) is 15.1. The van der Waals surface area contributed by atoms with Gasteiger partial charge in [0.05, 0.1) is 11.4 Å². The van der Waals surface area contributed by atoms with Gasteiger partial charge in [-0.15, -0.1) is 0 Å². The van der Waals surface area contributed by atoms with Crippen molar-refractivity contribution in [3.8, 4) is 45.1 Å². The Morgan fingerprint density at radius 1 is 0.593 bits per heavy atom. The summed E-state index contributed by atoms with van der Waals surface area (Å²) in [6.07, 6.45) is 0. The molecule has 3 aromatic carbocycles. The van der Waals surface area contributed by atoms with Gasteiger partial charge in [-0.25, -0.2) is 4.98 Å². The molecule has 0 unspecified atom stereocenters. The van der Waals surface area contributed by atoms with E-state index in [-0.39, 0.29) is 11.5 Å². The lowest BCUT2D eigenvalue weighted by atomic mass is 10.00. The van der Waals surface area contributed by atoms with Gasteiger partial charge in [0.2, 0.25) is 0 Å². The summed E-state index contributed by atoms with van der Waals surface area (Å²) in [6, 6.07) is 25.5. The molecular weight excluding hydrogens is 358 g/mol. The molecule has 0 atom stereocenters. The molecular formula is C23H16ClNO2. The van der Waals surface area contributed by atoms with E-state index in [2.05, 4.69) is 0 Å². The summed E-state index contributed by atoms with van der Waals surface area (Å²) < 4.78 is 0. The van der Waals surface area contributed by atoms with E-state index in [0.29, 0.717) is 5.02 Å². The van der Waals surface area contributed by atoms with Crippen molar-refractivity contribution in [3.05, 3.63) is 90.0 Å². The van der Waals surface area contributed by atoms with Gasteiger partial charge in [0.15, 0.2) is 0 Å². The Balaban J connectivity index is 1.92. The SMILES string of the molecule is Oc1ccc(-c2cc(-c3ccccc3Cl)cc(-c3ccc(O)cc3)n2)cc1. The molecule has 0 spiro atoms. The molecule has 1 aromatic heterocycles. The third kappa shape index (κ3) is 3.64. The zero-order valence-electron chi connectivity index (χ0n) is 14.3. The lowest BCUT2D eigenvalue weighted by molar-refractivity contribution is 0.475. The van der Waals surface area contributed by atoms with Crippen molar-refractivity contribution in [3.63, 3.8) is 0 Å². The lowest BCUT2D eigenvalue weighted by Gasteiger charge is -2.11. The Labute approximate surface area is 162 Å². The highest BCUT2D eigenvalue weighted by Crippen LogP contribution is 2.34. The molecule has 4 heteroatoms. The first-order chi connectivity index (χ1) is 13.1. The van der Waals surface area contributed by atoms with Crippen LogP contribution >= 0.6 is 11.6 Å². The molecule has 1 heterocycles. The molecule has 0 aliphatic heterocycles. The highest BCUT2D eigenvalue weighted by molar-refractivity contribution is 6.33. The molecule has 27 heavy (non-hydrogen) atoms. The Morgan fingerprint density at radius 2 is 1.07 bits per heavy atom. The summed E-state index contributed by atoms with van der Waals surface area (Å²) in [5.41, 5.74) is 5.19. The summed E-state index contributed by atoms with van der Waals surface area (Å²) in [4.78, 5) is 4.78. The number of aromatic nitrogens is 1. The van der Waals surface area contributed by atoms with Gasteiger partial charge in [-0.3, -0.25) is 0 Å². The number of halogens is 1. The van der Waals surface area contributed by atoms with Crippen LogP contribution in [-0.4, -0.2) is 15.2 Å². The fourth-order valence-electron chi connectivity index (χ4n) is 2.94. The van der Waals surface area contributed by atoms with Crippen LogP contribution in [0.3, 0.4) is 0 Å². The summed E-state index contributed by atoms with van der Waals surface area (Å²) in [6.45, 7) is 0. The second kappa shape index (κ2) is 7.14. The van der Waals surface area contributed by atoms with E-state index < -0.39 is 0 Å². The van der Waals surface area contributed by atoms with Crippen molar-refractivity contribution in [1.29, 1.82) is 0 Å². The van der Waals surface area contributed by atoms with Gasteiger partial charge in [0.1, 0.15) is 11.5 Å². The van der Waals surface area contributed by atoms with Gasteiger partial charge in [0.25, 0.3) is 0 Å². The van der Waals surface area contributed by atoms with E-state index in [4.69, 9.17) is 16.6 Å². The second-order valence-corrected chi connectivity index (χ2v) is 6.61. The zero-order chi connectivity index (χ0) is 18.8. The van der Waals surface area contributed by atoms with Crippen molar-refractivity contribution in [2.45, 2.75) is 0 Å². The van der Waals surface area contributed by atoms with Gasteiger partial charge in [-0.1, -0.05) is 29.8 Å². The molecule has 0 aliphatic carbocycles. The van der Waals surface area contributed by atoms with Crippen LogP contribution in [0.5, 0.6) is 11.5 Å². The molecule has 0 fully saturated rings. The standard InChI is InChI=1S/C23H16ClNO2/c24-21-4-2-1-3-20(21)17-13-22(15-5-9-18(26)10-6-15)25-23(14-17)16-7-11-19(27)12-8-16/h1-14,26-27H. The topological polar surface area (TPSA) is 53.4 Å². The molecule has 3 nitrogen and oxygen atoms in total. The maximum Gasteiger partial charge on any atom is 0.115 e. The van der Waals surface area contributed by atoms with Gasteiger partial charge < -0.3 is 10.2 Å². The maximum absolute atomic E-state index is 9.57. The number of phenols is 2. The molecule has 4 aromatic rings. The number of hydrogen-bond donors (Lipinski definition) is 2. The number of pyridine rings is 1. The van der Waals surface area contributed by atoms with Crippen LogP contribution in [0.15, 0.2) is 84.9 Å². The van der Waals surface area contributed by atoms with Crippen LogP contribution in [0.4, 0.5) is 0 Å². The average Bonchev–Trinajstić information content (AvgIpc) is 2.69. The van der Waals surface area contributed by atoms with Gasteiger partial charge in [-0.2, -0.15) is 0 Å². The van der Waals surface area contributed by atoms with Crippen LogP contribution < -0.4 is 0 Å². The van der Waals surface area contributed by atoms with Crippen molar-refractivity contribution < 1.29 is 10.2 Å². The Hall–Kier alpha value is -3.30. The second-order valence-electron chi connectivity index (χ2n) is 6.20. The van der Waals surface area contributed by atoms with Crippen LogP contribution in [0.1, 0.15) is 0 Å². The third-order valence-corrected chi connectivity index (χ3v) is 4.67. The number of rotatable bonds is 3. The summed E-state index contributed by atoms with van der Waals surface area (Å²) in [5.74, 6) is 0.416. The predicted molar refractivity (Wildman–Crippen MR) is 109 cm³/mol. The minimum absolute atomic E-state index is 0.208. The van der Waals surface area contributed by atoms with Gasteiger partial charge in [0, 0.05) is 21.7 Å². The van der Waals surface area contributed by atoms with E-state index in [0.717, 1.165) is 33.6 Å². The minimum atomic E-state index is 0.208. The van der Waals surface area contributed by atoms with Crippen molar-refractivity contribution in [2.75, 3.05) is 0 Å². The number of phenolic OH excluding ortho intramolecular Hbond substituents is 2. The highest BCUT2D eigenvalue weighted by atomic mass is 35.5. The normalized spacial score (nSPS) is 10.7. The van der Waals surface area contributed by atoms with Crippen LogP contribution in [0.2, 0.25) is 5.02 Å². The van der Waals surface area contributed by atoms with E-state index in [1.165, 1.54) is 0 Å². The van der Waals surface area contributed by atoms with Crippen molar-refractivity contribution in [1.82, 2.24) is 4.98 Å². The number of aromatic hydroxyl groups is 2. The lowest BCUT2D eigenvalue weighted by Crippen LogP contribution is -1.91. The number of hydrogen-bond acceptors (Lipinski definition) is 3. The molecule has 2 N–H and O–H groups in total. The van der Waals surface area contributed by atoms with E-state index in [9.17, 15) is 10.2 Å². The Kier molecular flexibility index (Phi) is 4.53. The first kappa shape index (κ1) is 17.1. The van der Waals surface area contributed by atoms with Crippen LogP contribution in [0, 0.1) is 0 Å². The fourth-order valence-corrected chi connectivity index (χ4v) is 3.19. The van der Waals surface area contributed by atoms with E-state index in [1.54, 1.807) is 24.3 Å². The number of nitrogens with zero attached hydrogens (tertiary/aromatic N) is 1. The molecule has 0 aliphatic rings. The van der Waals surface area contributed by atoms with Crippen LogP contribution in [0.25, 0.3) is 33.6 Å². The summed E-state index contributed by atoms with van der Waals surface area (Å²) >= 11 is 6.41. The first-order valence-corrected chi connectivity index (χ1v) is 8.84. The molecule has 132 valence electrons. The van der Waals surface area contributed by atoms with Gasteiger partial charge >= 0.3 is 0 Å². The molecule has 0 radical (unpaired) electrons. The molecule has 0 amide bonds. The maximum atomic E-state index is 9.57. The smallest absolute Gasteiger partial charge is 0.115 e. The van der Waals surface area contributed by atoms with Crippen molar-refractivity contribution >= 4 is 11.6 Å². The predicted octanol–water partition coefficient (Wildman–Crippen LogP) is 6.15. The van der Waals surface area contributed by atoms with E-state index >= 15 is 0 Å². The molecule has 0 saturated carbocycles. The molecule has 0 bridgehead atoms. The molecule has 4 rings (SSSR count). The number of benzene rings is 3. The van der Waals surface area contributed by atoms with E-state index in [1.807, 2.05) is 60.7 Å². The molecule has 0 saturated heterocycles. The quantitative estimate of drug-likeness (QED) is 0.453. The third-order valence-electron chi connectivity index (χ3n) is 4.34. The largest absolute Gasteiger partial charge is 0.508 e. The first-order valence-electron chi connectivity index (χ1n) is 8.46. The minimum Gasteiger partial charge on any atom is -0.508 e.